The van der Waals surface area contributed by atoms with Gasteiger partial charge in [-0.05, 0) is 36.8 Å². The lowest BCUT2D eigenvalue weighted by Crippen LogP contribution is -1.84. The molecule has 0 aliphatic carbocycles. The maximum Gasteiger partial charge on any atom is 0.0441 e. The SMILES string of the molecule is Cc1ccc(-c2ccc(Cc3ccccc3Cl)s2)cn1. The Morgan fingerprint density at radius 2 is 1.90 bits per heavy atom. The van der Waals surface area contributed by atoms with Crippen molar-refractivity contribution < 1.29 is 0 Å². The number of aromatic nitrogens is 1. The zero-order valence-corrected chi connectivity index (χ0v) is 12.7. The summed E-state index contributed by atoms with van der Waals surface area (Å²) < 4.78 is 0. The number of aryl methyl sites for hydroxylation is 1. The van der Waals surface area contributed by atoms with Crippen LogP contribution in [0.25, 0.3) is 10.4 Å². The highest BCUT2D eigenvalue weighted by Gasteiger charge is 2.06. The van der Waals surface area contributed by atoms with E-state index >= 15 is 0 Å². The molecule has 0 amide bonds. The second-order valence-electron chi connectivity index (χ2n) is 4.72. The average molecular weight is 300 g/mol. The molecule has 1 nitrogen and oxygen atoms in total. The Morgan fingerprint density at radius 3 is 2.65 bits per heavy atom. The number of hydrogen-bond donors (Lipinski definition) is 0. The molecule has 0 spiro atoms. The van der Waals surface area contributed by atoms with Crippen molar-refractivity contribution in [3.8, 4) is 10.4 Å². The smallest absolute Gasteiger partial charge is 0.0441 e. The monoisotopic (exact) mass is 299 g/mol. The highest BCUT2D eigenvalue weighted by Crippen LogP contribution is 2.30. The van der Waals surface area contributed by atoms with Crippen molar-refractivity contribution >= 4 is 22.9 Å². The van der Waals surface area contributed by atoms with Gasteiger partial charge < -0.3 is 0 Å². The third-order valence-corrected chi connectivity index (χ3v) is 4.68. The molecule has 0 aliphatic rings. The zero-order chi connectivity index (χ0) is 13.9. The minimum absolute atomic E-state index is 0.833. The van der Waals surface area contributed by atoms with Crippen molar-refractivity contribution in [2.75, 3.05) is 0 Å². The standard InChI is InChI=1S/C17H14ClNS/c1-12-6-7-14(11-19-12)17-9-8-15(20-17)10-13-4-2-3-5-16(13)18/h2-9,11H,10H2,1H3. The summed E-state index contributed by atoms with van der Waals surface area (Å²) in [5.41, 5.74) is 3.39. The summed E-state index contributed by atoms with van der Waals surface area (Å²) in [7, 11) is 0. The predicted molar refractivity (Wildman–Crippen MR) is 86.5 cm³/mol. The molecule has 0 fully saturated rings. The third-order valence-electron chi connectivity index (χ3n) is 3.18. The Morgan fingerprint density at radius 1 is 1.05 bits per heavy atom. The lowest BCUT2D eigenvalue weighted by Gasteiger charge is -2.01. The second kappa shape index (κ2) is 5.78. The molecule has 0 saturated carbocycles. The van der Waals surface area contributed by atoms with Gasteiger partial charge >= 0.3 is 0 Å². The van der Waals surface area contributed by atoms with E-state index in [-0.39, 0.29) is 0 Å². The highest BCUT2D eigenvalue weighted by molar-refractivity contribution is 7.15. The van der Waals surface area contributed by atoms with Crippen LogP contribution in [0.5, 0.6) is 0 Å². The molecular formula is C17H14ClNS. The van der Waals surface area contributed by atoms with Crippen LogP contribution in [-0.4, -0.2) is 4.98 Å². The first-order valence-corrected chi connectivity index (χ1v) is 7.67. The number of halogens is 1. The molecule has 0 N–H and O–H groups in total. The van der Waals surface area contributed by atoms with Gasteiger partial charge in [-0.15, -0.1) is 11.3 Å². The van der Waals surface area contributed by atoms with Crippen LogP contribution < -0.4 is 0 Å². The molecule has 2 heterocycles. The summed E-state index contributed by atoms with van der Waals surface area (Å²) in [6.45, 7) is 2.00. The maximum atomic E-state index is 6.21. The van der Waals surface area contributed by atoms with E-state index in [0.717, 1.165) is 17.1 Å². The van der Waals surface area contributed by atoms with E-state index in [1.54, 1.807) is 11.3 Å². The summed E-state index contributed by atoms with van der Waals surface area (Å²) >= 11 is 8.01. The molecule has 100 valence electrons. The van der Waals surface area contributed by atoms with Crippen LogP contribution in [0.2, 0.25) is 5.02 Å². The van der Waals surface area contributed by atoms with E-state index in [9.17, 15) is 0 Å². The largest absolute Gasteiger partial charge is 0.261 e. The van der Waals surface area contributed by atoms with E-state index in [1.165, 1.54) is 20.9 Å². The van der Waals surface area contributed by atoms with Gasteiger partial charge in [-0.1, -0.05) is 35.9 Å². The van der Waals surface area contributed by atoms with Gasteiger partial charge in [0.1, 0.15) is 0 Å². The average Bonchev–Trinajstić information content (AvgIpc) is 2.91. The molecule has 0 radical (unpaired) electrons. The van der Waals surface area contributed by atoms with Crippen molar-refractivity contribution in [2.24, 2.45) is 0 Å². The fourth-order valence-electron chi connectivity index (χ4n) is 2.07. The number of thiophene rings is 1. The Hall–Kier alpha value is -1.64. The van der Waals surface area contributed by atoms with Gasteiger partial charge in [0.15, 0.2) is 0 Å². The minimum Gasteiger partial charge on any atom is -0.261 e. The molecular weight excluding hydrogens is 286 g/mol. The topological polar surface area (TPSA) is 12.9 Å². The molecule has 0 saturated heterocycles. The first-order valence-electron chi connectivity index (χ1n) is 6.47. The molecule has 0 unspecified atom stereocenters. The number of benzene rings is 1. The van der Waals surface area contributed by atoms with Gasteiger partial charge in [-0.25, -0.2) is 0 Å². The normalized spacial score (nSPS) is 10.7. The molecule has 0 bridgehead atoms. The highest BCUT2D eigenvalue weighted by atomic mass is 35.5. The van der Waals surface area contributed by atoms with Gasteiger partial charge in [0.25, 0.3) is 0 Å². The lowest BCUT2D eigenvalue weighted by atomic mass is 10.1. The first-order chi connectivity index (χ1) is 9.72. The fourth-order valence-corrected chi connectivity index (χ4v) is 3.29. The first kappa shape index (κ1) is 13.3. The Labute approximate surface area is 127 Å². The van der Waals surface area contributed by atoms with E-state index in [0.29, 0.717) is 0 Å². The van der Waals surface area contributed by atoms with Gasteiger partial charge in [0.05, 0.1) is 0 Å². The molecule has 0 aliphatic heterocycles. The lowest BCUT2D eigenvalue weighted by molar-refractivity contribution is 1.20. The summed E-state index contributed by atoms with van der Waals surface area (Å²) in [6, 6.07) is 16.5. The maximum absolute atomic E-state index is 6.21. The van der Waals surface area contributed by atoms with Gasteiger partial charge in [-0.3, -0.25) is 4.98 Å². The Kier molecular flexibility index (Phi) is 3.86. The second-order valence-corrected chi connectivity index (χ2v) is 6.30. The van der Waals surface area contributed by atoms with E-state index < -0.39 is 0 Å². The minimum atomic E-state index is 0.833. The van der Waals surface area contributed by atoms with Crippen molar-refractivity contribution in [1.82, 2.24) is 4.98 Å². The van der Waals surface area contributed by atoms with Crippen molar-refractivity contribution in [1.29, 1.82) is 0 Å². The Balaban J connectivity index is 1.84. The predicted octanol–water partition coefficient (Wildman–Crippen LogP) is 5.36. The van der Waals surface area contributed by atoms with Crippen LogP contribution in [0.1, 0.15) is 16.1 Å². The van der Waals surface area contributed by atoms with Gasteiger partial charge in [0, 0.05) is 38.7 Å². The van der Waals surface area contributed by atoms with E-state index in [2.05, 4.69) is 29.2 Å². The number of pyridine rings is 1. The molecule has 3 rings (SSSR count). The van der Waals surface area contributed by atoms with Crippen molar-refractivity contribution in [3.05, 3.63) is 75.9 Å². The van der Waals surface area contributed by atoms with Crippen molar-refractivity contribution in [3.63, 3.8) is 0 Å². The van der Waals surface area contributed by atoms with Crippen LogP contribution >= 0.6 is 22.9 Å². The molecule has 3 aromatic rings. The van der Waals surface area contributed by atoms with Gasteiger partial charge in [-0.2, -0.15) is 0 Å². The van der Waals surface area contributed by atoms with Crippen LogP contribution in [0, 0.1) is 6.92 Å². The van der Waals surface area contributed by atoms with Gasteiger partial charge in [0.2, 0.25) is 0 Å². The van der Waals surface area contributed by atoms with Crippen LogP contribution in [0.4, 0.5) is 0 Å². The summed E-state index contributed by atoms with van der Waals surface area (Å²) in [5.74, 6) is 0. The molecule has 1 aromatic carbocycles. The molecule has 20 heavy (non-hydrogen) atoms. The molecule has 0 atom stereocenters. The fraction of sp³-hybridized carbons (Fsp3) is 0.118. The summed E-state index contributed by atoms with van der Waals surface area (Å²) in [4.78, 5) is 6.91. The zero-order valence-electron chi connectivity index (χ0n) is 11.1. The number of hydrogen-bond acceptors (Lipinski definition) is 2. The van der Waals surface area contributed by atoms with E-state index in [4.69, 9.17) is 11.6 Å². The number of nitrogens with zero attached hydrogens (tertiary/aromatic N) is 1. The molecule has 3 heteroatoms. The van der Waals surface area contributed by atoms with Crippen LogP contribution in [0.15, 0.2) is 54.7 Å². The summed E-state index contributed by atoms with van der Waals surface area (Å²) in [5, 5.41) is 0.833. The Bertz CT molecular complexity index is 716. The quantitative estimate of drug-likeness (QED) is 0.634. The van der Waals surface area contributed by atoms with Crippen molar-refractivity contribution in [2.45, 2.75) is 13.3 Å². The van der Waals surface area contributed by atoms with Crippen LogP contribution in [-0.2, 0) is 6.42 Å². The van der Waals surface area contributed by atoms with E-state index in [1.807, 2.05) is 37.4 Å². The third kappa shape index (κ3) is 2.92. The van der Waals surface area contributed by atoms with Crippen LogP contribution in [0.3, 0.4) is 0 Å². The summed E-state index contributed by atoms with van der Waals surface area (Å²) in [6.07, 6.45) is 2.81. The number of rotatable bonds is 3. The molecule has 2 aromatic heterocycles.